The molecule has 0 aromatic heterocycles. The van der Waals surface area contributed by atoms with Crippen LogP contribution < -0.4 is 9.64 Å². The molecule has 1 saturated carbocycles. The number of rotatable bonds is 11. The fourth-order valence-corrected chi connectivity index (χ4v) is 9.07. The number of carbonyl (C=O) groups is 2. The van der Waals surface area contributed by atoms with E-state index in [1.807, 2.05) is 28.9 Å². The number of halogens is 3. The third-order valence-corrected chi connectivity index (χ3v) is 11.8. The van der Waals surface area contributed by atoms with E-state index < -0.39 is 23.6 Å². The van der Waals surface area contributed by atoms with Crippen molar-refractivity contribution in [2.24, 2.45) is 11.8 Å². The van der Waals surface area contributed by atoms with Crippen LogP contribution in [0.15, 0.2) is 42.5 Å². The lowest BCUT2D eigenvalue weighted by molar-refractivity contribution is -0.142. The van der Waals surface area contributed by atoms with E-state index in [4.69, 9.17) is 14.2 Å². The van der Waals surface area contributed by atoms with E-state index in [1.54, 1.807) is 20.3 Å². The van der Waals surface area contributed by atoms with Gasteiger partial charge in [0.15, 0.2) is 0 Å². The number of carboxylic acid groups (broad SMARTS) is 1. The van der Waals surface area contributed by atoms with Crippen LogP contribution in [0.25, 0.3) is 0 Å². The molecule has 3 saturated heterocycles. The maximum absolute atomic E-state index is 14.8. The Hall–Kier alpha value is -3.35. The van der Waals surface area contributed by atoms with E-state index >= 15 is 0 Å². The molecule has 280 valence electrons. The molecule has 2 aromatic carbocycles. The summed E-state index contributed by atoms with van der Waals surface area (Å²) < 4.78 is 58.9. The Bertz CT molecular complexity index is 1490. The normalized spacial score (nSPS) is 28.0. The average molecular weight is 716 g/mol. The summed E-state index contributed by atoms with van der Waals surface area (Å²) in [6, 6.07) is 12.1. The van der Waals surface area contributed by atoms with Gasteiger partial charge in [0.25, 0.3) is 0 Å². The van der Waals surface area contributed by atoms with Crippen molar-refractivity contribution >= 4 is 17.6 Å². The molecule has 0 unspecified atom stereocenters. The number of alkyl halides is 3. The first-order valence-electron chi connectivity index (χ1n) is 18.5. The van der Waals surface area contributed by atoms with Crippen LogP contribution in [0.1, 0.15) is 80.4 Å². The summed E-state index contributed by atoms with van der Waals surface area (Å²) in [6.45, 7) is 5.58. The predicted molar refractivity (Wildman–Crippen MR) is 187 cm³/mol. The zero-order chi connectivity index (χ0) is 36.3. The van der Waals surface area contributed by atoms with Crippen LogP contribution in [0.4, 0.5) is 18.9 Å². The molecule has 4 fully saturated rings. The third-order valence-electron chi connectivity index (χ3n) is 11.8. The van der Waals surface area contributed by atoms with Crippen LogP contribution >= 0.6 is 0 Å². The first kappa shape index (κ1) is 37.4. The van der Waals surface area contributed by atoms with Gasteiger partial charge in [-0.25, -0.2) is 0 Å². The highest BCUT2D eigenvalue weighted by molar-refractivity contribution is 5.82. The SMILES string of the molecule is CCOC1CCC(N2C[C@H](C(=O)N3C[C@@H](c4ccc(C(F)(F)F)cc4N4CCC(C(=O)O)CC4)C[C@@H]3COC)[C@@H](c3ccc(OC)cc3)C2)CC1. The number of piperidine rings is 1. The fraction of sp³-hybridized carbons (Fsp3) is 0.641. The summed E-state index contributed by atoms with van der Waals surface area (Å²) in [4.78, 5) is 32.8. The van der Waals surface area contributed by atoms with E-state index in [-0.39, 0.29) is 29.7 Å². The van der Waals surface area contributed by atoms with Crippen molar-refractivity contribution in [2.45, 2.75) is 88.1 Å². The zero-order valence-electron chi connectivity index (χ0n) is 29.9. The Labute approximate surface area is 299 Å². The maximum atomic E-state index is 14.8. The molecule has 9 nitrogen and oxygen atoms in total. The molecule has 3 heterocycles. The van der Waals surface area contributed by atoms with Crippen molar-refractivity contribution in [3.63, 3.8) is 0 Å². The molecule has 51 heavy (non-hydrogen) atoms. The van der Waals surface area contributed by atoms with Gasteiger partial charge in [0.05, 0.1) is 43.3 Å². The molecule has 12 heteroatoms. The number of carbonyl (C=O) groups excluding carboxylic acids is 1. The minimum atomic E-state index is -4.52. The van der Waals surface area contributed by atoms with Gasteiger partial charge in [-0.05, 0) is 87.3 Å². The Morgan fingerprint density at radius 2 is 1.63 bits per heavy atom. The molecule has 4 atom stereocenters. The van der Waals surface area contributed by atoms with Crippen LogP contribution in [-0.2, 0) is 25.2 Å². The second kappa shape index (κ2) is 16.1. The number of aliphatic carboxylic acids is 1. The largest absolute Gasteiger partial charge is 0.497 e. The lowest BCUT2D eigenvalue weighted by Gasteiger charge is -2.35. The highest BCUT2D eigenvalue weighted by Crippen LogP contribution is 2.44. The Morgan fingerprint density at radius 3 is 2.24 bits per heavy atom. The number of methoxy groups -OCH3 is 2. The van der Waals surface area contributed by atoms with E-state index in [9.17, 15) is 27.9 Å². The summed E-state index contributed by atoms with van der Waals surface area (Å²) >= 11 is 0. The maximum Gasteiger partial charge on any atom is 0.416 e. The number of anilines is 1. The Kier molecular flexibility index (Phi) is 11.8. The first-order chi connectivity index (χ1) is 24.5. The summed E-state index contributed by atoms with van der Waals surface area (Å²) in [6.07, 6.45) is 1.14. The van der Waals surface area contributed by atoms with Gasteiger partial charge in [-0.15, -0.1) is 0 Å². The van der Waals surface area contributed by atoms with Gasteiger partial charge < -0.3 is 29.1 Å². The number of likely N-dealkylation sites (tertiary alicyclic amines) is 2. The van der Waals surface area contributed by atoms with Crippen LogP contribution in [0.3, 0.4) is 0 Å². The molecule has 0 radical (unpaired) electrons. The molecular formula is C39H52F3N3O6. The summed E-state index contributed by atoms with van der Waals surface area (Å²) in [7, 11) is 3.25. The van der Waals surface area contributed by atoms with Gasteiger partial charge in [0, 0.05) is 70.0 Å². The van der Waals surface area contributed by atoms with E-state index in [1.165, 1.54) is 6.07 Å². The quantitative estimate of drug-likeness (QED) is 0.286. The number of carboxylic acids is 1. The monoisotopic (exact) mass is 715 g/mol. The molecular weight excluding hydrogens is 663 g/mol. The van der Waals surface area contributed by atoms with Gasteiger partial charge in [-0.1, -0.05) is 18.2 Å². The third kappa shape index (κ3) is 8.33. The van der Waals surface area contributed by atoms with E-state index in [0.29, 0.717) is 76.5 Å². The Balaban J connectivity index is 1.27. The second-order valence-corrected chi connectivity index (χ2v) is 14.7. The summed E-state index contributed by atoms with van der Waals surface area (Å²) in [5, 5.41) is 9.53. The van der Waals surface area contributed by atoms with Crippen LogP contribution in [0.2, 0.25) is 0 Å². The molecule has 1 aliphatic carbocycles. The Morgan fingerprint density at radius 1 is 0.922 bits per heavy atom. The van der Waals surface area contributed by atoms with Crippen molar-refractivity contribution in [1.29, 1.82) is 0 Å². The van der Waals surface area contributed by atoms with Crippen molar-refractivity contribution in [1.82, 2.24) is 9.80 Å². The highest BCUT2D eigenvalue weighted by Gasteiger charge is 2.47. The first-order valence-corrected chi connectivity index (χ1v) is 18.5. The predicted octanol–water partition coefficient (Wildman–Crippen LogP) is 6.41. The van der Waals surface area contributed by atoms with Crippen molar-refractivity contribution in [3.8, 4) is 5.75 Å². The molecule has 1 N–H and O–H groups in total. The fourth-order valence-electron chi connectivity index (χ4n) is 9.07. The topological polar surface area (TPSA) is 91.8 Å². The lowest BCUT2D eigenvalue weighted by Crippen LogP contribution is -2.44. The molecule has 6 rings (SSSR count). The van der Waals surface area contributed by atoms with Crippen LogP contribution in [-0.4, -0.2) is 105 Å². The number of benzene rings is 2. The number of hydrogen-bond acceptors (Lipinski definition) is 7. The van der Waals surface area contributed by atoms with Gasteiger partial charge in [0.2, 0.25) is 5.91 Å². The zero-order valence-corrected chi connectivity index (χ0v) is 29.9. The summed E-state index contributed by atoms with van der Waals surface area (Å²) in [5.41, 5.74) is 1.60. The molecule has 0 spiro atoms. The van der Waals surface area contributed by atoms with Crippen LogP contribution in [0, 0.1) is 11.8 Å². The smallest absolute Gasteiger partial charge is 0.416 e. The van der Waals surface area contributed by atoms with Gasteiger partial charge in [-0.2, -0.15) is 13.2 Å². The molecule has 2 aromatic rings. The van der Waals surface area contributed by atoms with Gasteiger partial charge in [0.1, 0.15) is 5.75 Å². The minimum Gasteiger partial charge on any atom is -0.497 e. The summed E-state index contributed by atoms with van der Waals surface area (Å²) in [5.74, 6) is -1.08. The minimum absolute atomic E-state index is 0.0209. The lowest BCUT2D eigenvalue weighted by atomic mass is 9.87. The molecule has 4 aliphatic rings. The standard InChI is InChI=1S/C39H52F3N3O6/c1-4-51-32-12-8-29(9-13-32)44-22-34(25-5-10-31(50-3)11-6-25)35(23-44)37(46)45-21-27(19-30(45)24-49-2)33-14-7-28(39(40,41)42)20-36(33)43-17-15-26(16-18-43)38(47)48/h5-7,10-11,14,20,26-27,29-30,32,34-35H,4,8-9,12-13,15-19,21-24H2,1-3H3,(H,47,48)/t27-,29?,30+,32?,34+,35-/m0/s1. The average Bonchev–Trinajstić information content (AvgIpc) is 3.77. The van der Waals surface area contributed by atoms with Crippen molar-refractivity contribution < 1.29 is 42.1 Å². The van der Waals surface area contributed by atoms with Crippen LogP contribution in [0.5, 0.6) is 5.75 Å². The van der Waals surface area contributed by atoms with Gasteiger partial charge in [-0.3, -0.25) is 14.5 Å². The highest BCUT2D eigenvalue weighted by atomic mass is 19.4. The number of amides is 1. The molecule has 1 amide bonds. The van der Waals surface area contributed by atoms with E-state index in [0.717, 1.165) is 55.2 Å². The van der Waals surface area contributed by atoms with Crippen molar-refractivity contribution in [3.05, 3.63) is 59.2 Å². The molecule has 0 bridgehead atoms. The number of ether oxygens (including phenoxy) is 3. The van der Waals surface area contributed by atoms with Gasteiger partial charge >= 0.3 is 12.1 Å². The van der Waals surface area contributed by atoms with E-state index in [2.05, 4.69) is 17.0 Å². The second-order valence-electron chi connectivity index (χ2n) is 14.7. The molecule has 3 aliphatic heterocycles. The van der Waals surface area contributed by atoms with Crippen molar-refractivity contribution in [2.75, 3.05) is 65.1 Å². The number of hydrogen-bond donors (Lipinski definition) is 1. The number of nitrogens with zero attached hydrogens (tertiary/aromatic N) is 3.